The molecule has 166 valence electrons. The quantitative estimate of drug-likeness (QED) is 0.272. The summed E-state index contributed by atoms with van der Waals surface area (Å²) in [6, 6.07) is 23.1. The average Bonchev–Trinajstić information content (AvgIpc) is 3.09. The van der Waals surface area contributed by atoms with Crippen molar-refractivity contribution in [1.82, 2.24) is 0 Å². The van der Waals surface area contributed by atoms with Gasteiger partial charge in [0.2, 0.25) is 5.88 Å². The van der Waals surface area contributed by atoms with E-state index in [0.29, 0.717) is 5.02 Å². The molecule has 0 unspecified atom stereocenters. The van der Waals surface area contributed by atoms with Crippen molar-refractivity contribution in [3.05, 3.63) is 87.4 Å². The van der Waals surface area contributed by atoms with Gasteiger partial charge in [-0.05, 0) is 64.4 Å². The number of benzene rings is 3. The number of furan rings is 1. The van der Waals surface area contributed by atoms with Gasteiger partial charge in [-0.15, -0.1) is 0 Å². The summed E-state index contributed by atoms with van der Waals surface area (Å²) in [5.41, 5.74) is 5.55. The van der Waals surface area contributed by atoms with Crippen LogP contribution in [0.25, 0.3) is 11.0 Å². The number of hydrogen-bond donors (Lipinski definition) is 0. The highest BCUT2D eigenvalue weighted by molar-refractivity contribution is 9.10. The smallest absolute Gasteiger partial charge is 0.205 e. The van der Waals surface area contributed by atoms with Crippen LogP contribution in [0.3, 0.4) is 0 Å². The highest BCUT2D eigenvalue weighted by Crippen LogP contribution is 2.41. The van der Waals surface area contributed by atoms with Crippen molar-refractivity contribution in [2.75, 3.05) is 4.90 Å². The molecule has 1 aromatic heterocycles. The number of rotatable bonds is 3. The van der Waals surface area contributed by atoms with Crippen LogP contribution < -0.4 is 4.90 Å². The second kappa shape index (κ2) is 8.28. The zero-order valence-corrected chi connectivity index (χ0v) is 21.8. The van der Waals surface area contributed by atoms with E-state index < -0.39 is 0 Å². The zero-order valence-electron chi connectivity index (χ0n) is 19.5. The largest absolute Gasteiger partial charge is 0.440 e. The molecule has 4 heteroatoms. The predicted molar refractivity (Wildman–Crippen MR) is 141 cm³/mol. The number of fused-ring (bicyclic) bond motifs is 1. The predicted octanol–water partition coefficient (Wildman–Crippen LogP) is 9.91. The normalized spacial score (nSPS) is 12.4. The summed E-state index contributed by atoms with van der Waals surface area (Å²) in [7, 11) is 0. The van der Waals surface area contributed by atoms with E-state index in [1.807, 2.05) is 12.1 Å². The van der Waals surface area contributed by atoms with E-state index in [2.05, 4.69) is 117 Å². The van der Waals surface area contributed by atoms with Gasteiger partial charge >= 0.3 is 0 Å². The van der Waals surface area contributed by atoms with E-state index in [1.165, 1.54) is 11.1 Å². The van der Waals surface area contributed by atoms with Crippen molar-refractivity contribution in [2.45, 2.75) is 52.4 Å². The maximum Gasteiger partial charge on any atom is 0.205 e. The highest BCUT2D eigenvalue weighted by atomic mass is 79.9. The first-order valence-corrected chi connectivity index (χ1v) is 12.0. The summed E-state index contributed by atoms with van der Waals surface area (Å²) in [5, 5.41) is 1.75. The fourth-order valence-corrected chi connectivity index (χ4v) is 4.63. The van der Waals surface area contributed by atoms with Crippen molar-refractivity contribution in [3.8, 4) is 0 Å². The molecule has 0 aliphatic heterocycles. The van der Waals surface area contributed by atoms with Gasteiger partial charge in [-0.25, -0.2) is 0 Å². The van der Waals surface area contributed by atoms with Gasteiger partial charge in [-0.2, -0.15) is 0 Å². The lowest BCUT2D eigenvalue weighted by Gasteiger charge is -2.25. The lowest BCUT2D eigenvalue weighted by Crippen LogP contribution is -2.12. The molecule has 0 aliphatic rings. The van der Waals surface area contributed by atoms with Crippen molar-refractivity contribution >= 4 is 55.8 Å². The number of anilines is 3. The summed E-state index contributed by atoms with van der Waals surface area (Å²) in [5.74, 6) is 0.753. The monoisotopic (exact) mass is 509 g/mol. The van der Waals surface area contributed by atoms with E-state index in [1.54, 1.807) is 0 Å². The Morgan fingerprint density at radius 2 is 1.34 bits per heavy atom. The zero-order chi connectivity index (χ0) is 23.3. The topological polar surface area (TPSA) is 16.4 Å². The molecule has 0 spiro atoms. The van der Waals surface area contributed by atoms with Crippen LogP contribution in [-0.2, 0) is 10.8 Å². The van der Waals surface area contributed by atoms with Crippen LogP contribution in [0, 0.1) is 0 Å². The molecule has 0 amide bonds. The van der Waals surface area contributed by atoms with Gasteiger partial charge in [0, 0.05) is 26.6 Å². The Bertz CT molecular complexity index is 1240. The van der Waals surface area contributed by atoms with Gasteiger partial charge in [-0.3, -0.25) is 4.90 Å². The Hall–Kier alpha value is -2.23. The van der Waals surface area contributed by atoms with Crippen LogP contribution in [-0.4, -0.2) is 0 Å². The maximum absolute atomic E-state index is 6.42. The Balaban J connectivity index is 1.88. The van der Waals surface area contributed by atoms with Gasteiger partial charge < -0.3 is 4.42 Å². The Morgan fingerprint density at radius 3 is 1.94 bits per heavy atom. The molecule has 4 aromatic rings. The van der Waals surface area contributed by atoms with E-state index in [9.17, 15) is 0 Å². The lowest BCUT2D eigenvalue weighted by atomic mass is 9.86. The average molecular weight is 511 g/mol. The molecule has 0 N–H and O–H groups in total. The molecule has 0 radical (unpaired) electrons. The molecule has 2 nitrogen and oxygen atoms in total. The number of nitrogens with zero attached hydrogens (tertiary/aromatic N) is 1. The third-order valence-corrected chi connectivity index (χ3v) is 6.36. The molecular weight excluding hydrogens is 482 g/mol. The molecule has 4 rings (SSSR count). The SMILES string of the molecule is CC(C)(C)c1ccc(N(c2cc(Cl)cc(Br)c2)c2cc3cc(C(C)(C)C)ccc3o2)cc1. The molecule has 0 atom stereocenters. The summed E-state index contributed by atoms with van der Waals surface area (Å²) in [4.78, 5) is 2.11. The summed E-state index contributed by atoms with van der Waals surface area (Å²) in [6.07, 6.45) is 0. The fraction of sp³-hybridized carbons (Fsp3) is 0.286. The molecule has 0 saturated carbocycles. The first-order valence-electron chi connectivity index (χ1n) is 10.8. The van der Waals surface area contributed by atoms with Crippen LogP contribution in [0.1, 0.15) is 52.7 Å². The van der Waals surface area contributed by atoms with Crippen LogP contribution in [0.2, 0.25) is 5.02 Å². The second-order valence-electron chi connectivity index (χ2n) is 10.3. The van der Waals surface area contributed by atoms with Crippen molar-refractivity contribution in [2.24, 2.45) is 0 Å². The third-order valence-electron chi connectivity index (χ3n) is 5.69. The first kappa shape index (κ1) is 22.9. The van der Waals surface area contributed by atoms with Crippen LogP contribution in [0.5, 0.6) is 0 Å². The van der Waals surface area contributed by atoms with Crippen molar-refractivity contribution in [1.29, 1.82) is 0 Å². The summed E-state index contributed by atoms with van der Waals surface area (Å²) >= 11 is 10.0. The Morgan fingerprint density at radius 1 is 0.719 bits per heavy atom. The molecule has 3 aromatic carbocycles. The molecule has 1 heterocycles. The molecule has 0 bridgehead atoms. The van der Waals surface area contributed by atoms with E-state index in [4.69, 9.17) is 16.0 Å². The first-order chi connectivity index (χ1) is 14.9. The minimum absolute atomic E-state index is 0.0753. The van der Waals surface area contributed by atoms with Gasteiger partial charge in [0.25, 0.3) is 0 Å². The summed E-state index contributed by atoms with van der Waals surface area (Å²) < 4.78 is 7.27. The molecule has 0 saturated heterocycles. The Labute approximate surface area is 204 Å². The molecule has 0 fully saturated rings. The maximum atomic E-state index is 6.42. The van der Waals surface area contributed by atoms with Crippen LogP contribution >= 0.6 is 27.5 Å². The van der Waals surface area contributed by atoms with Gasteiger partial charge in [-0.1, -0.05) is 87.3 Å². The number of hydrogen-bond acceptors (Lipinski definition) is 2. The molecular formula is C28H29BrClNO. The van der Waals surface area contributed by atoms with E-state index >= 15 is 0 Å². The van der Waals surface area contributed by atoms with E-state index in [-0.39, 0.29) is 10.8 Å². The minimum Gasteiger partial charge on any atom is -0.440 e. The second-order valence-corrected chi connectivity index (χ2v) is 11.7. The van der Waals surface area contributed by atoms with Crippen LogP contribution in [0.4, 0.5) is 17.3 Å². The molecule has 32 heavy (non-hydrogen) atoms. The van der Waals surface area contributed by atoms with E-state index in [0.717, 1.165) is 32.7 Å². The van der Waals surface area contributed by atoms with Gasteiger partial charge in [0.1, 0.15) is 5.58 Å². The van der Waals surface area contributed by atoms with Gasteiger partial charge in [0.05, 0.1) is 5.69 Å². The summed E-state index contributed by atoms with van der Waals surface area (Å²) in [6.45, 7) is 13.3. The number of halogens is 2. The standard InChI is InChI=1S/C28H29BrClNO/c1-27(2,3)19-7-10-23(11-8-19)31(24-16-21(29)15-22(30)17-24)26-14-18-13-20(28(4,5)6)9-12-25(18)32-26/h7-17H,1-6H3. The van der Waals surface area contributed by atoms with Gasteiger partial charge in [0.15, 0.2) is 0 Å². The Kier molecular flexibility index (Phi) is 5.94. The minimum atomic E-state index is 0.0753. The lowest BCUT2D eigenvalue weighted by molar-refractivity contribution is 0.589. The molecule has 0 aliphatic carbocycles. The highest BCUT2D eigenvalue weighted by Gasteiger charge is 2.21. The van der Waals surface area contributed by atoms with Crippen molar-refractivity contribution < 1.29 is 4.42 Å². The van der Waals surface area contributed by atoms with Crippen molar-refractivity contribution in [3.63, 3.8) is 0 Å². The fourth-order valence-electron chi connectivity index (χ4n) is 3.79. The van der Waals surface area contributed by atoms with Crippen LogP contribution in [0.15, 0.2) is 75.6 Å². The third kappa shape index (κ3) is 4.74.